The Kier molecular flexibility index (Phi) is 4.79. The van der Waals surface area contributed by atoms with E-state index in [0.29, 0.717) is 4.99 Å². The Morgan fingerprint density at radius 3 is 2.60 bits per heavy atom. The second kappa shape index (κ2) is 4.50. The number of hydrogen-bond donors (Lipinski definition) is 1. The Labute approximate surface area is 85.1 Å². The van der Waals surface area contributed by atoms with Gasteiger partial charge in [-0.25, -0.2) is 11.3 Å². The van der Waals surface area contributed by atoms with Crippen molar-refractivity contribution >= 4 is 42.5 Å². The zero-order valence-corrected chi connectivity index (χ0v) is 10.5. The quantitative estimate of drug-likeness (QED) is 0.439. The summed E-state index contributed by atoms with van der Waals surface area (Å²) in [6, 6.07) is 0. The molecule has 0 aliphatic carbocycles. The molecule has 0 aromatic carbocycles. The van der Waals surface area contributed by atoms with Gasteiger partial charge in [-0.1, -0.05) is 6.20 Å². The van der Waals surface area contributed by atoms with Gasteiger partial charge in [0.25, 0.3) is 0 Å². The smallest absolute Gasteiger partial charge is 0.0138 e. The van der Waals surface area contributed by atoms with Gasteiger partial charge in [0, 0.05) is 30.8 Å². The molecule has 0 fully saturated rings. The van der Waals surface area contributed by atoms with Crippen molar-refractivity contribution in [1.29, 1.82) is 0 Å². The summed E-state index contributed by atoms with van der Waals surface area (Å²) in [5, 5.41) is 0. The van der Waals surface area contributed by atoms with E-state index in [9.17, 15) is 0 Å². The fraction of sp³-hybridized carbons (Fsp3) is 0. The largest absolute Gasteiger partial charge is 0.439 e. The molecule has 0 radical (unpaired) electrons. The molecule has 0 aliphatic rings. The molecule has 1 unspecified atom stereocenters. The van der Waals surface area contributed by atoms with Gasteiger partial charge in [0.2, 0.25) is 0 Å². The van der Waals surface area contributed by atoms with E-state index in [4.69, 9.17) is 5.73 Å². The van der Waals surface area contributed by atoms with Crippen LogP contribution in [0.1, 0.15) is 4.88 Å². The SMILES string of the molecule is NC(=S)c1[c-]nc(P)s1.[W]. The topological polar surface area (TPSA) is 38.9 Å². The molecule has 0 spiro atoms. The Bertz CT molecular complexity index is 237. The van der Waals surface area contributed by atoms with E-state index in [0.717, 1.165) is 9.63 Å². The van der Waals surface area contributed by atoms with Crippen molar-refractivity contribution in [1.82, 2.24) is 4.98 Å². The maximum Gasteiger partial charge on any atom is 0.0138 e. The van der Waals surface area contributed by atoms with Crippen LogP contribution in [0.4, 0.5) is 0 Å². The predicted octanol–water partition coefficient (Wildman–Crippen LogP) is 0.0754. The third kappa shape index (κ3) is 2.71. The van der Waals surface area contributed by atoms with Crippen LogP contribution in [-0.2, 0) is 21.1 Å². The van der Waals surface area contributed by atoms with E-state index in [1.54, 1.807) is 0 Å². The normalized spacial score (nSPS) is 8.50. The van der Waals surface area contributed by atoms with Gasteiger partial charge in [-0.3, -0.25) is 0 Å². The van der Waals surface area contributed by atoms with Crippen molar-refractivity contribution in [3.8, 4) is 0 Å². The molecule has 0 aliphatic heterocycles. The van der Waals surface area contributed by atoms with Gasteiger partial charge in [0.05, 0.1) is 0 Å². The van der Waals surface area contributed by atoms with E-state index in [-0.39, 0.29) is 21.1 Å². The van der Waals surface area contributed by atoms with Crippen LogP contribution in [0.2, 0.25) is 0 Å². The number of rotatable bonds is 1. The zero-order valence-electron chi connectivity index (χ0n) is 4.83. The molecule has 10 heavy (non-hydrogen) atoms. The summed E-state index contributed by atoms with van der Waals surface area (Å²) in [6.07, 6.45) is 2.69. The van der Waals surface area contributed by atoms with E-state index in [1.807, 2.05) is 0 Å². The molecule has 2 N–H and O–H groups in total. The maximum atomic E-state index is 5.29. The average Bonchev–Trinajstić information content (AvgIpc) is 2.14. The molecule has 1 aromatic heterocycles. The summed E-state index contributed by atoms with van der Waals surface area (Å²) in [5.41, 5.74) is 5.29. The molecular formula is C4H4N2PS2W-. The molecule has 1 aromatic rings. The summed E-state index contributed by atoms with van der Waals surface area (Å²) in [7, 11) is 2.46. The molecule has 0 bridgehead atoms. The van der Waals surface area contributed by atoms with Crippen molar-refractivity contribution in [2.75, 3.05) is 0 Å². The summed E-state index contributed by atoms with van der Waals surface area (Å²) in [4.78, 5) is 4.93. The number of nitrogens with two attached hydrogens (primary N) is 1. The minimum absolute atomic E-state index is 0. The molecule has 0 saturated heterocycles. The minimum Gasteiger partial charge on any atom is -0.439 e. The van der Waals surface area contributed by atoms with Crippen LogP contribution in [0, 0.1) is 6.20 Å². The molecule has 1 atom stereocenters. The number of hydrogen-bond acceptors (Lipinski definition) is 3. The molecule has 1 heterocycles. The van der Waals surface area contributed by atoms with Crippen molar-refractivity contribution in [3.63, 3.8) is 0 Å². The molecule has 2 nitrogen and oxygen atoms in total. The third-order valence-corrected chi connectivity index (χ3v) is 2.33. The van der Waals surface area contributed by atoms with Crippen molar-refractivity contribution in [3.05, 3.63) is 11.1 Å². The first kappa shape index (κ1) is 10.6. The molecular weight excluding hydrogens is 355 g/mol. The van der Waals surface area contributed by atoms with E-state index in [1.165, 1.54) is 11.3 Å². The standard InChI is InChI=1S/C4H4N2PS2.W/c5-3(8)2-1-6-4(7)9-2;/h7H2,(H2,5,8);/q-1;. The van der Waals surface area contributed by atoms with Gasteiger partial charge >= 0.3 is 0 Å². The van der Waals surface area contributed by atoms with Crippen LogP contribution in [0.25, 0.3) is 0 Å². The van der Waals surface area contributed by atoms with Crippen molar-refractivity contribution in [2.24, 2.45) is 5.73 Å². The summed E-state index contributed by atoms with van der Waals surface area (Å²) >= 11 is 6.11. The van der Waals surface area contributed by atoms with Crippen LogP contribution < -0.4 is 10.5 Å². The van der Waals surface area contributed by atoms with E-state index >= 15 is 0 Å². The maximum absolute atomic E-state index is 5.29. The Morgan fingerprint density at radius 1 is 1.80 bits per heavy atom. The fourth-order valence-electron chi connectivity index (χ4n) is 0.361. The third-order valence-electron chi connectivity index (χ3n) is 0.698. The number of thiazole rings is 1. The van der Waals surface area contributed by atoms with E-state index < -0.39 is 0 Å². The predicted molar refractivity (Wildman–Crippen MR) is 46.2 cm³/mol. The molecule has 6 heteroatoms. The molecule has 0 amide bonds. The summed E-state index contributed by atoms with van der Waals surface area (Å²) in [5.74, 6) is 0. The molecule has 1 rings (SSSR count). The van der Waals surface area contributed by atoms with Crippen LogP contribution in [0.5, 0.6) is 0 Å². The van der Waals surface area contributed by atoms with Gasteiger partial charge in [0.1, 0.15) is 0 Å². The van der Waals surface area contributed by atoms with Crippen LogP contribution in [0.15, 0.2) is 0 Å². The summed E-state index contributed by atoms with van der Waals surface area (Å²) < 4.78 is 0.859. The Hall–Kier alpha value is 0.638. The first-order chi connectivity index (χ1) is 4.20. The average molecular weight is 359 g/mol. The number of aromatic nitrogens is 1. The van der Waals surface area contributed by atoms with Gasteiger partial charge in [0.15, 0.2) is 0 Å². The van der Waals surface area contributed by atoms with E-state index in [2.05, 4.69) is 32.6 Å². The van der Waals surface area contributed by atoms with Gasteiger partial charge in [-0.2, -0.15) is 0 Å². The first-order valence-corrected chi connectivity index (χ1v) is 3.94. The fourth-order valence-corrected chi connectivity index (χ4v) is 1.44. The summed E-state index contributed by atoms with van der Waals surface area (Å²) in [6.45, 7) is 0. The Balaban J connectivity index is 0.000000810. The molecule has 0 saturated carbocycles. The van der Waals surface area contributed by atoms with Crippen LogP contribution in [-0.4, -0.2) is 9.97 Å². The molecule has 54 valence electrons. The van der Waals surface area contributed by atoms with Gasteiger partial charge in [-0.15, -0.1) is 21.5 Å². The number of thiocarbonyl (C=S) groups is 1. The monoisotopic (exact) mass is 359 g/mol. The number of nitrogens with zero attached hydrogens (tertiary/aromatic N) is 1. The van der Waals surface area contributed by atoms with Gasteiger partial charge in [-0.05, 0) is 4.88 Å². The van der Waals surface area contributed by atoms with Crippen LogP contribution in [0.3, 0.4) is 0 Å². The van der Waals surface area contributed by atoms with Crippen molar-refractivity contribution < 1.29 is 21.1 Å². The first-order valence-electron chi connectivity index (χ1n) is 2.14. The van der Waals surface area contributed by atoms with Crippen LogP contribution >= 0.6 is 32.8 Å². The second-order valence-electron chi connectivity index (χ2n) is 1.36. The van der Waals surface area contributed by atoms with Crippen molar-refractivity contribution in [2.45, 2.75) is 0 Å². The Morgan fingerprint density at radius 2 is 2.40 bits per heavy atom. The second-order valence-corrected chi connectivity index (χ2v) is 3.79. The zero-order chi connectivity index (χ0) is 6.85. The van der Waals surface area contributed by atoms with Gasteiger partial charge < -0.3 is 10.7 Å². The minimum atomic E-state index is 0.